The van der Waals surface area contributed by atoms with Crippen LogP contribution in [-0.2, 0) is 0 Å². The monoisotopic (exact) mass is 880 g/mol. The lowest BCUT2D eigenvalue weighted by Gasteiger charge is -2.28. The predicted molar refractivity (Wildman–Crippen MR) is 286 cm³/mol. The van der Waals surface area contributed by atoms with E-state index in [1.165, 1.54) is 0 Å². The molecule has 0 unspecified atom stereocenters. The summed E-state index contributed by atoms with van der Waals surface area (Å²) in [5.41, 5.74) is 15.1. The Hall–Kier alpha value is -9.62. The van der Waals surface area contributed by atoms with Crippen molar-refractivity contribution >= 4 is 88.5 Å². The molecule has 6 nitrogen and oxygen atoms in total. The summed E-state index contributed by atoms with van der Waals surface area (Å²) in [5, 5.41) is 29.4. The molecule has 6 heteroatoms. The van der Waals surface area contributed by atoms with E-state index >= 15 is 0 Å². The van der Waals surface area contributed by atoms with Crippen LogP contribution in [0.15, 0.2) is 207 Å². The van der Waals surface area contributed by atoms with Gasteiger partial charge in [0.15, 0.2) is 0 Å². The molecule has 0 aliphatic heterocycles. The second kappa shape index (κ2) is 15.5. The number of hydrogen-bond acceptors (Lipinski definition) is 2. The number of benzene rings is 9. The lowest BCUT2D eigenvalue weighted by Crippen LogP contribution is -2.14. The van der Waals surface area contributed by atoms with Gasteiger partial charge in [-0.25, -0.2) is 0 Å². The first-order valence-corrected chi connectivity index (χ1v) is 23.1. The topological polar surface area (TPSA) is 67.3 Å². The minimum Gasteiger partial charge on any atom is -0.307 e. The van der Waals surface area contributed by atoms with Gasteiger partial charge in [-0.3, -0.25) is 0 Å². The zero-order valence-corrected chi connectivity index (χ0v) is 37.6. The number of aromatic nitrogens is 4. The van der Waals surface area contributed by atoms with Crippen molar-refractivity contribution in [2.24, 2.45) is 0 Å². The second-order valence-corrected chi connectivity index (χ2v) is 17.5. The van der Waals surface area contributed by atoms with E-state index in [1.54, 1.807) is 6.07 Å². The molecule has 4 aromatic heterocycles. The molecule has 9 aromatic carbocycles. The Bertz CT molecular complexity index is 4240. The van der Waals surface area contributed by atoms with Gasteiger partial charge in [0.1, 0.15) is 0 Å². The Morgan fingerprint density at radius 2 is 0.739 bits per heavy atom. The molecular weight excluding hydrogens is 841 g/mol. The van der Waals surface area contributed by atoms with E-state index in [-0.39, 0.29) is 0 Å². The van der Waals surface area contributed by atoms with Crippen molar-refractivity contribution in [3.63, 3.8) is 0 Å². The smallest absolute Gasteiger partial charge is 0.0992 e. The normalized spacial score (nSPS) is 11.8. The molecule has 0 saturated carbocycles. The van der Waals surface area contributed by atoms with Crippen molar-refractivity contribution in [3.05, 3.63) is 229 Å². The van der Waals surface area contributed by atoms with E-state index in [0.29, 0.717) is 11.1 Å². The first-order valence-electron chi connectivity index (χ1n) is 23.1. The van der Waals surface area contributed by atoms with E-state index in [9.17, 15) is 10.5 Å². The van der Waals surface area contributed by atoms with Crippen molar-refractivity contribution < 1.29 is 0 Å². The average molecular weight is 881 g/mol. The molecule has 0 saturated heterocycles. The molecule has 0 fully saturated rings. The maximum Gasteiger partial charge on any atom is 0.0992 e. The molecule has 0 atom stereocenters. The second-order valence-electron chi connectivity index (χ2n) is 17.5. The van der Waals surface area contributed by atoms with Crippen molar-refractivity contribution in [3.8, 4) is 46.0 Å². The van der Waals surface area contributed by atoms with Gasteiger partial charge in [-0.2, -0.15) is 10.5 Å². The van der Waals surface area contributed by atoms with Crippen LogP contribution >= 0.6 is 0 Å². The molecule has 69 heavy (non-hydrogen) atoms. The van der Waals surface area contributed by atoms with Gasteiger partial charge < -0.3 is 18.3 Å². The number of para-hydroxylation sites is 7. The third kappa shape index (κ3) is 5.70. The van der Waals surface area contributed by atoms with Crippen molar-refractivity contribution in [2.45, 2.75) is 6.92 Å². The van der Waals surface area contributed by atoms with Gasteiger partial charge in [0.25, 0.3) is 0 Å². The van der Waals surface area contributed by atoms with Gasteiger partial charge in [0.05, 0.1) is 90.3 Å². The van der Waals surface area contributed by atoms with Crippen LogP contribution in [0.3, 0.4) is 0 Å². The maximum absolute atomic E-state index is 10.8. The quantitative estimate of drug-likeness (QED) is 0.160. The predicted octanol–water partition coefficient (Wildman–Crippen LogP) is 16.0. The highest BCUT2D eigenvalue weighted by molar-refractivity contribution is 6.15. The molecule has 13 aromatic rings. The summed E-state index contributed by atoms with van der Waals surface area (Å²) in [6, 6.07) is 73.1. The summed E-state index contributed by atoms with van der Waals surface area (Å²) >= 11 is 0. The summed E-state index contributed by atoms with van der Waals surface area (Å²) in [5.74, 6) is 0. The number of nitriles is 2. The SMILES string of the molecule is C=Cc1c(/C=C\C)n(-c2cc(-n3c4ccccc4c4ccccc43)c(-n3c4ccccc4c4ccccc43)c(-c3cc(C#N)cc(C#N)c3)c2-n2c3ccccc3c3ccccc32)c2ccccc12. The highest BCUT2D eigenvalue weighted by atomic mass is 15.1. The summed E-state index contributed by atoms with van der Waals surface area (Å²) in [6.45, 7) is 6.46. The molecule has 0 N–H and O–H groups in total. The summed E-state index contributed by atoms with van der Waals surface area (Å²) < 4.78 is 9.64. The molecule has 13 rings (SSSR count). The number of nitrogens with zero attached hydrogens (tertiary/aromatic N) is 6. The van der Waals surface area contributed by atoms with Crippen molar-refractivity contribution in [2.75, 3.05) is 0 Å². The Labute approximate surface area is 397 Å². The highest BCUT2D eigenvalue weighted by Gasteiger charge is 2.32. The number of allylic oxidation sites excluding steroid dienone is 1. The number of fused-ring (bicyclic) bond motifs is 10. The minimum absolute atomic E-state index is 0.393. The Kier molecular flexibility index (Phi) is 8.92. The molecule has 0 aliphatic rings. The average Bonchev–Trinajstić information content (AvgIpc) is 4.13. The van der Waals surface area contributed by atoms with Gasteiger partial charge >= 0.3 is 0 Å². The zero-order chi connectivity index (χ0) is 46.3. The van der Waals surface area contributed by atoms with E-state index in [2.05, 4.69) is 232 Å². The maximum atomic E-state index is 10.8. The molecule has 0 radical (unpaired) electrons. The fraction of sp³-hybridized carbons (Fsp3) is 0.0159. The molecule has 322 valence electrons. The fourth-order valence-electron chi connectivity index (χ4n) is 11.2. The Morgan fingerprint density at radius 3 is 1.10 bits per heavy atom. The van der Waals surface area contributed by atoms with Crippen molar-refractivity contribution in [1.82, 2.24) is 18.3 Å². The molecular formula is C63H40N6. The van der Waals surface area contributed by atoms with Crippen LogP contribution in [-0.4, -0.2) is 18.3 Å². The zero-order valence-electron chi connectivity index (χ0n) is 37.6. The molecule has 0 amide bonds. The van der Waals surface area contributed by atoms with Crippen LogP contribution in [0.5, 0.6) is 0 Å². The third-order valence-corrected chi connectivity index (χ3v) is 13.9. The molecule has 0 bridgehead atoms. The van der Waals surface area contributed by atoms with Gasteiger partial charge in [0.2, 0.25) is 0 Å². The van der Waals surface area contributed by atoms with E-state index < -0.39 is 0 Å². The Balaban J connectivity index is 1.41. The van der Waals surface area contributed by atoms with Crippen LogP contribution in [0, 0.1) is 22.7 Å². The molecule has 4 heterocycles. The highest BCUT2D eigenvalue weighted by Crippen LogP contribution is 2.50. The fourth-order valence-corrected chi connectivity index (χ4v) is 11.2. The standard InChI is InChI=1S/C63H40N6/c1-3-19-51-43(4-2)44-20-5-12-27-52(44)66(51)59-37-60(67-53-28-13-6-21-45(53)46-22-7-14-29-54(46)67)63(69-57-32-17-10-25-49(57)50-26-11-18-33-58(50)69)61(42-35-40(38-64)34-41(36-42)39-65)62(59)68-55-30-15-8-23-47(55)48-24-9-16-31-56(48)68/h3-37H,2H2,1H3/b19-3-. The van der Waals surface area contributed by atoms with Crippen LogP contribution in [0.4, 0.5) is 0 Å². The minimum atomic E-state index is 0.393. The van der Waals surface area contributed by atoms with E-state index in [4.69, 9.17) is 0 Å². The summed E-state index contributed by atoms with van der Waals surface area (Å²) in [7, 11) is 0. The first kappa shape index (κ1) is 39.7. The van der Waals surface area contributed by atoms with E-state index in [0.717, 1.165) is 121 Å². The van der Waals surface area contributed by atoms with Crippen LogP contribution < -0.4 is 0 Å². The van der Waals surface area contributed by atoms with E-state index in [1.807, 2.05) is 18.2 Å². The van der Waals surface area contributed by atoms with Crippen LogP contribution in [0.2, 0.25) is 0 Å². The van der Waals surface area contributed by atoms with Crippen LogP contribution in [0.25, 0.3) is 122 Å². The third-order valence-electron chi connectivity index (χ3n) is 13.9. The van der Waals surface area contributed by atoms with Gasteiger partial charge in [-0.1, -0.05) is 146 Å². The van der Waals surface area contributed by atoms with Crippen LogP contribution in [0.1, 0.15) is 29.3 Å². The Morgan fingerprint density at radius 1 is 0.406 bits per heavy atom. The first-order chi connectivity index (χ1) is 34.1. The molecule has 0 aliphatic carbocycles. The summed E-state index contributed by atoms with van der Waals surface area (Å²) in [4.78, 5) is 0. The molecule has 0 spiro atoms. The lowest BCUT2D eigenvalue weighted by molar-refractivity contribution is 1.02. The number of hydrogen-bond donors (Lipinski definition) is 0. The summed E-state index contributed by atoms with van der Waals surface area (Å²) in [6.07, 6.45) is 6.23. The van der Waals surface area contributed by atoms with Crippen molar-refractivity contribution in [1.29, 1.82) is 10.5 Å². The van der Waals surface area contributed by atoms with Gasteiger partial charge in [0, 0.05) is 48.8 Å². The van der Waals surface area contributed by atoms with Gasteiger partial charge in [-0.15, -0.1) is 0 Å². The number of rotatable bonds is 7. The largest absolute Gasteiger partial charge is 0.307 e. The van der Waals surface area contributed by atoms with Gasteiger partial charge in [-0.05, 0) is 85.3 Å². The lowest BCUT2D eigenvalue weighted by atomic mass is 9.94.